The summed E-state index contributed by atoms with van der Waals surface area (Å²) < 4.78 is 5.67. The van der Waals surface area contributed by atoms with E-state index in [1.807, 2.05) is 44.0 Å². The molecule has 136 valence electrons. The Morgan fingerprint density at radius 3 is 2.77 bits per heavy atom. The predicted octanol–water partition coefficient (Wildman–Crippen LogP) is 1.45. The molecule has 2 saturated heterocycles. The molecule has 1 amide bonds. The molecule has 0 aromatic carbocycles. The summed E-state index contributed by atoms with van der Waals surface area (Å²) in [6.07, 6.45) is 1.78. The highest BCUT2D eigenvalue weighted by molar-refractivity contribution is 5.80. The van der Waals surface area contributed by atoms with E-state index in [0.717, 1.165) is 22.6 Å². The third kappa shape index (κ3) is 3.03. The fraction of sp³-hybridized carbons (Fsp3) is 0.474. The van der Waals surface area contributed by atoms with Crippen LogP contribution >= 0.6 is 0 Å². The van der Waals surface area contributed by atoms with Gasteiger partial charge in [-0.05, 0) is 32.0 Å². The largest absolute Gasteiger partial charge is 0.378 e. The van der Waals surface area contributed by atoms with Crippen molar-refractivity contribution in [3.8, 4) is 11.3 Å². The third-order valence-corrected chi connectivity index (χ3v) is 5.17. The van der Waals surface area contributed by atoms with Crippen molar-refractivity contribution in [1.29, 1.82) is 0 Å². The lowest BCUT2D eigenvalue weighted by Gasteiger charge is -2.29. The quantitative estimate of drug-likeness (QED) is 0.814. The first kappa shape index (κ1) is 16.9. The maximum absolute atomic E-state index is 12.5. The minimum absolute atomic E-state index is 0.0185. The van der Waals surface area contributed by atoms with E-state index in [9.17, 15) is 4.79 Å². The van der Waals surface area contributed by atoms with Crippen LogP contribution < -0.4 is 4.90 Å². The molecule has 2 bridgehead atoms. The Morgan fingerprint density at radius 1 is 1.12 bits per heavy atom. The lowest BCUT2D eigenvalue weighted by atomic mass is 10.1. The van der Waals surface area contributed by atoms with Crippen molar-refractivity contribution in [2.45, 2.75) is 19.9 Å². The Labute approximate surface area is 153 Å². The average Bonchev–Trinajstić information content (AvgIpc) is 2.80. The molecule has 2 aromatic heterocycles. The Bertz CT molecular complexity index is 840. The number of carbonyl (C=O) groups excluding carboxylic acids is 1. The van der Waals surface area contributed by atoms with Gasteiger partial charge < -0.3 is 14.5 Å². The van der Waals surface area contributed by atoms with Gasteiger partial charge in [-0.2, -0.15) is 0 Å². The molecule has 26 heavy (non-hydrogen) atoms. The number of amides is 1. The number of rotatable bonds is 2. The molecule has 2 aromatic rings. The Morgan fingerprint density at radius 2 is 1.96 bits per heavy atom. The van der Waals surface area contributed by atoms with Crippen molar-refractivity contribution in [3.05, 3.63) is 35.8 Å². The fourth-order valence-corrected chi connectivity index (χ4v) is 3.67. The van der Waals surface area contributed by atoms with Gasteiger partial charge >= 0.3 is 0 Å². The lowest BCUT2D eigenvalue weighted by Crippen LogP contribution is -2.43. The number of hydrogen-bond acceptors (Lipinski definition) is 6. The summed E-state index contributed by atoms with van der Waals surface area (Å²) in [5.74, 6) is 0.620. The second-order valence-electron chi connectivity index (χ2n) is 7.07. The monoisotopic (exact) mass is 353 g/mol. The molecular formula is C19H23N5O2. The number of carbonyl (C=O) groups is 1. The van der Waals surface area contributed by atoms with E-state index in [4.69, 9.17) is 9.72 Å². The number of likely N-dealkylation sites (N-methyl/N-ethyl adjacent to an activating group) is 1. The first-order chi connectivity index (χ1) is 12.5. The normalized spacial score (nSPS) is 23.1. The fourth-order valence-electron chi connectivity index (χ4n) is 3.67. The van der Waals surface area contributed by atoms with Crippen LogP contribution in [0.15, 0.2) is 24.4 Å². The molecule has 2 aliphatic rings. The van der Waals surface area contributed by atoms with Crippen LogP contribution in [-0.4, -0.2) is 65.2 Å². The molecule has 2 aliphatic heterocycles. The highest BCUT2D eigenvalue weighted by Gasteiger charge is 2.38. The van der Waals surface area contributed by atoms with Crippen molar-refractivity contribution in [3.63, 3.8) is 0 Å². The highest BCUT2D eigenvalue weighted by Crippen LogP contribution is 2.25. The van der Waals surface area contributed by atoms with Crippen molar-refractivity contribution in [2.24, 2.45) is 5.92 Å². The second-order valence-corrected chi connectivity index (χ2v) is 7.07. The number of anilines is 1. The molecule has 7 heteroatoms. The van der Waals surface area contributed by atoms with E-state index in [2.05, 4.69) is 14.9 Å². The van der Waals surface area contributed by atoms with Crippen LogP contribution in [0.3, 0.4) is 0 Å². The van der Waals surface area contributed by atoms with Crippen LogP contribution in [0.5, 0.6) is 0 Å². The zero-order valence-corrected chi connectivity index (χ0v) is 15.3. The first-order valence-corrected chi connectivity index (χ1v) is 8.90. The molecule has 0 N–H and O–H groups in total. The summed E-state index contributed by atoms with van der Waals surface area (Å²) in [7, 11) is 1.86. The van der Waals surface area contributed by atoms with Gasteiger partial charge in [0.1, 0.15) is 0 Å². The molecule has 4 heterocycles. The molecule has 0 unspecified atom stereocenters. The van der Waals surface area contributed by atoms with E-state index in [0.29, 0.717) is 32.3 Å². The first-order valence-electron chi connectivity index (χ1n) is 8.90. The number of hydrogen-bond donors (Lipinski definition) is 0. The van der Waals surface area contributed by atoms with Gasteiger partial charge in [-0.1, -0.05) is 0 Å². The molecular weight excluding hydrogens is 330 g/mol. The standard InChI is InChI=1S/C19H23N5O2/c1-12-4-5-16(13(2)21-12)17-6-7-20-19(22-17)24-8-14-10-26-11-15(9-24)23(3)18(14)25/h4-7,14-15H,8-11H2,1-3H3/t14-,15+/m1/s1. The number of pyridine rings is 1. The average molecular weight is 353 g/mol. The summed E-state index contributed by atoms with van der Waals surface area (Å²) in [5.41, 5.74) is 3.80. The third-order valence-electron chi connectivity index (χ3n) is 5.17. The number of ether oxygens (including phenoxy) is 1. The Hall–Kier alpha value is -2.54. The lowest BCUT2D eigenvalue weighted by molar-refractivity contribution is -0.133. The molecule has 0 radical (unpaired) electrons. The van der Waals surface area contributed by atoms with Crippen LogP contribution in [0, 0.1) is 19.8 Å². The maximum Gasteiger partial charge on any atom is 0.229 e. The van der Waals surface area contributed by atoms with Crippen LogP contribution in [0.4, 0.5) is 5.95 Å². The second kappa shape index (κ2) is 6.64. The molecule has 0 spiro atoms. The van der Waals surface area contributed by atoms with Crippen LogP contribution in [0.25, 0.3) is 11.3 Å². The molecule has 2 atom stereocenters. The zero-order valence-electron chi connectivity index (χ0n) is 15.3. The van der Waals surface area contributed by atoms with E-state index in [1.165, 1.54) is 0 Å². The highest BCUT2D eigenvalue weighted by atomic mass is 16.5. The molecule has 2 fully saturated rings. The van der Waals surface area contributed by atoms with Crippen molar-refractivity contribution < 1.29 is 9.53 Å². The zero-order chi connectivity index (χ0) is 18.3. The van der Waals surface area contributed by atoms with Gasteiger partial charge in [-0.15, -0.1) is 0 Å². The van der Waals surface area contributed by atoms with E-state index >= 15 is 0 Å². The number of fused-ring (bicyclic) bond motifs is 3. The van der Waals surface area contributed by atoms with Crippen LogP contribution in [-0.2, 0) is 9.53 Å². The summed E-state index contributed by atoms with van der Waals surface area (Å²) in [6.45, 7) is 6.23. The minimum Gasteiger partial charge on any atom is -0.378 e. The summed E-state index contributed by atoms with van der Waals surface area (Å²) in [6, 6.07) is 5.96. The van der Waals surface area contributed by atoms with Gasteiger partial charge in [-0.25, -0.2) is 9.97 Å². The van der Waals surface area contributed by atoms with Gasteiger partial charge in [0.15, 0.2) is 0 Å². The summed E-state index contributed by atoms with van der Waals surface area (Å²) in [4.78, 5) is 30.3. The van der Waals surface area contributed by atoms with Gasteiger partial charge in [0, 0.05) is 43.3 Å². The molecule has 4 rings (SSSR count). The van der Waals surface area contributed by atoms with E-state index < -0.39 is 0 Å². The SMILES string of the molecule is Cc1ccc(-c2ccnc(N3C[C@@H]4COC[C@H](C3)N(C)C4=O)n2)c(C)n1. The number of nitrogens with zero attached hydrogens (tertiary/aromatic N) is 5. The van der Waals surface area contributed by atoms with Gasteiger partial charge in [0.25, 0.3) is 0 Å². The predicted molar refractivity (Wildman–Crippen MR) is 97.8 cm³/mol. The minimum atomic E-state index is -0.178. The number of aryl methyl sites for hydroxylation is 2. The Kier molecular flexibility index (Phi) is 4.32. The van der Waals surface area contributed by atoms with Crippen molar-refractivity contribution >= 4 is 11.9 Å². The molecule has 7 nitrogen and oxygen atoms in total. The van der Waals surface area contributed by atoms with Crippen LogP contribution in [0.1, 0.15) is 11.4 Å². The van der Waals surface area contributed by atoms with Crippen LogP contribution in [0.2, 0.25) is 0 Å². The van der Waals surface area contributed by atoms with Crippen molar-refractivity contribution in [1.82, 2.24) is 19.9 Å². The van der Waals surface area contributed by atoms with Crippen molar-refractivity contribution in [2.75, 3.05) is 38.3 Å². The maximum atomic E-state index is 12.5. The summed E-state index contributed by atoms with van der Waals surface area (Å²) >= 11 is 0. The summed E-state index contributed by atoms with van der Waals surface area (Å²) in [5, 5.41) is 0. The van der Waals surface area contributed by atoms with E-state index in [-0.39, 0.29) is 17.9 Å². The van der Waals surface area contributed by atoms with Gasteiger partial charge in [-0.3, -0.25) is 9.78 Å². The molecule has 0 aliphatic carbocycles. The van der Waals surface area contributed by atoms with Gasteiger partial charge in [0.2, 0.25) is 11.9 Å². The Balaban J connectivity index is 1.67. The smallest absolute Gasteiger partial charge is 0.229 e. The molecule has 0 saturated carbocycles. The van der Waals surface area contributed by atoms with E-state index in [1.54, 1.807) is 6.20 Å². The van der Waals surface area contributed by atoms with Gasteiger partial charge in [0.05, 0.1) is 30.9 Å². The number of aromatic nitrogens is 3. The topological polar surface area (TPSA) is 71.5 Å².